The molecular weight excluding hydrogens is 254 g/mol. The molecule has 0 aliphatic heterocycles. The highest BCUT2D eigenvalue weighted by Crippen LogP contribution is 2.21. The standard InChI is InChI=1S/C14H13N5O/c1-9-11(7-15)14(17-8-12(16)20)19-13(18-9)10-5-3-2-4-6-10/h2-6H,8H2,1H3,(H2,16,20)(H,17,18,19). The fraction of sp³-hybridized carbons (Fsp3) is 0.143. The summed E-state index contributed by atoms with van der Waals surface area (Å²) < 4.78 is 0. The lowest BCUT2D eigenvalue weighted by molar-refractivity contribution is -0.116. The molecule has 3 N–H and O–H groups in total. The zero-order valence-electron chi connectivity index (χ0n) is 10.9. The number of nitrogens with zero attached hydrogens (tertiary/aromatic N) is 3. The van der Waals surface area contributed by atoms with E-state index in [0.29, 0.717) is 22.9 Å². The van der Waals surface area contributed by atoms with E-state index in [2.05, 4.69) is 15.3 Å². The summed E-state index contributed by atoms with van der Waals surface area (Å²) in [6.07, 6.45) is 0. The van der Waals surface area contributed by atoms with Gasteiger partial charge in [-0.15, -0.1) is 0 Å². The Balaban J connectivity index is 2.47. The maximum atomic E-state index is 10.8. The number of hydrogen-bond acceptors (Lipinski definition) is 5. The summed E-state index contributed by atoms with van der Waals surface area (Å²) in [5.41, 5.74) is 6.79. The maximum absolute atomic E-state index is 10.8. The number of amides is 1. The number of nitrogens with two attached hydrogens (primary N) is 1. The van der Waals surface area contributed by atoms with Gasteiger partial charge in [-0.3, -0.25) is 4.79 Å². The molecule has 1 heterocycles. The van der Waals surface area contributed by atoms with E-state index in [1.165, 1.54) is 0 Å². The van der Waals surface area contributed by atoms with Gasteiger partial charge in [-0.25, -0.2) is 9.97 Å². The number of carbonyl (C=O) groups excluding carboxylic acids is 1. The lowest BCUT2D eigenvalue weighted by Crippen LogP contribution is -2.23. The largest absolute Gasteiger partial charge is 0.368 e. The van der Waals surface area contributed by atoms with Crippen LogP contribution >= 0.6 is 0 Å². The van der Waals surface area contributed by atoms with Gasteiger partial charge >= 0.3 is 0 Å². The molecule has 100 valence electrons. The number of anilines is 1. The Hall–Kier alpha value is -2.94. The Morgan fingerprint density at radius 3 is 2.65 bits per heavy atom. The fourth-order valence-corrected chi connectivity index (χ4v) is 1.72. The van der Waals surface area contributed by atoms with E-state index in [0.717, 1.165) is 5.56 Å². The number of aromatic nitrogens is 2. The SMILES string of the molecule is Cc1nc(-c2ccccc2)nc(NCC(N)=O)c1C#N. The fourth-order valence-electron chi connectivity index (χ4n) is 1.72. The first-order valence-electron chi connectivity index (χ1n) is 5.98. The van der Waals surface area contributed by atoms with Crippen molar-refractivity contribution < 1.29 is 4.79 Å². The first kappa shape index (κ1) is 13.5. The number of nitriles is 1. The van der Waals surface area contributed by atoms with Crippen molar-refractivity contribution in [3.05, 3.63) is 41.6 Å². The van der Waals surface area contributed by atoms with Crippen LogP contribution in [0, 0.1) is 18.3 Å². The maximum Gasteiger partial charge on any atom is 0.236 e. The Kier molecular flexibility index (Phi) is 3.91. The van der Waals surface area contributed by atoms with Crippen LogP contribution in [0.15, 0.2) is 30.3 Å². The number of aryl methyl sites for hydroxylation is 1. The topological polar surface area (TPSA) is 105 Å². The van der Waals surface area contributed by atoms with Crippen LogP contribution in [0.5, 0.6) is 0 Å². The van der Waals surface area contributed by atoms with Gasteiger partial charge in [0.1, 0.15) is 17.5 Å². The third-order valence-corrected chi connectivity index (χ3v) is 2.66. The van der Waals surface area contributed by atoms with Crippen LogP contribution in [-0.4, -0.2) is 22.4 Å². The van der Waals surface area contributed by atoms with Crippen molar-refractivity contribution in [1.29, 1.82) is 5.26 Å². The van der Waals surface area contributed by atoms with Crippen LogP contribution < -0.4 is 11.1 Å². The Morgan fingerprint density at radius 1 is 1.35 bits per heavy atom. The summed E-state index contributed by atoms with van der Waals surface area (Å²) in [7, 11) is 0. The lowest BCUT2D eigenvalue weighted by Gasteiger charge is -2.09. The summed E-state index contributed by atoms with van der Waals surface area (Å²) in [4.78, 5) is 19.5. The molecule has 0 fully saturated rings. The summed E-state index contributed by atoms with van der Waals surface area (Å²) >= 11 is 0. The minimum absolute atomic E-state index is 0.0840. The van der Waals surface area contributed by atoms with Gasteiger partial charge in [-0.2, -0.15) is 5.26 Å². The van der Waals surface area contributed by atoms with Gasteiger partial charge in [-0.1, -0.05) is 30.3 Å². The number of carbonyl (C=O) groups is 1. The summed E-state index contributed by atoms with van der Waals surface area (Å²) in [6, 6.07) is 11.4. The monoisotopic (exact) mass is 267 g/mol. The first-order chi connectivity index (χ1) is 9.61. The molecule has 0 aliphatic carbocycles. The third kappa shape index (κ3) is 2.90. The molecular formula is C14H13N5O. The molecule has 0 radical (unpaired) electrons. The van der Waals surface area contributed by atoms with E-state index in [1.54, 1.807) is 6.92 Å². The number of nitrogens with one attached hydrogen (secondary N) is 1. The Labute approximate surface area is 116 Å². The zero-order chi connectivity index (χ0) is 14.5. The second-order valence-electron chi connectivity index (χ2n) is 4.15. The smallest absolute Gasteiger partial charge is 0.236 e. The highest BCUT2D eigenvalue weighted by molar-refractivity contribution is 5.79. The average molecular weight is 267 g/mol. The van der Waals surface area contributed by atoms with Crippen LogP contribution in [-0.2, 0) is 4.79 Å². The summed E-state index contributed by atoms with van der Waals surface area (Å²) in [5, 5.41) is 11.9. The first-order valence-corrected chi connectivity index (χ1v) is 5.98. The van der Waals surface area contributed by atoms with Crippen LogP contribution in [0.3, 0.4) is 0 Å². The third-order valence-electron chi connectivity index (χ3n) is 2.66. The van der Waals surface area contributed by atoms with Crippen molar-refractivity contribution in [2.24, 2.45) is 5.73 Å². The molecule has 1 aromatic heterocycles. The highest BCUT2D eigenvalue weighted by atomic mass is 16.1. The predicted molar refractivity (Wildman–Crippen MR) is 74.6 cm³/mol. The molecule has 2 aromatic rings. The van der Waals surface area contributed by atoms with Crippen molar-refractivity contribution in [2.45, 2.75) is 6.92 Å². The zero-order valence-corrected chi connectivity index (χ0v) is 10.9. The van der Waals surface area contributed by atoms with E-state index in [-0.39, 0.29) is 6.54 Å². The second kappa shape index (κ2) is 5.80. The van der Waals surface area contributed by atoms with Crippen LogP contribution in [0.2, 0.25) is 0 Å². The Morgan fingerprint density at radius 2 is 2.05 bits per heavy atom. The Bertz CT molecular complexity index is 676. The molecule has 0 aliphatic rings. The van der Waals surface area contributed by atoms with E-state index in [1.807, 2.05) is 36.4 Å². The van der Waals surface area contributed by atoms with Crippen molar-refractivity contribution >= 4 is 11.7 Å². The van der Waals surface area contributed by atoms with Crippen molar-refractivity contribution in [1.82, 2.24) is 9.97 Å². The molecule has 0 bridgehead atoms. The quantitative estimate of drug-likeness (QED) is 0.866. The van der Waals surface area contributed by atoms with Gasteiger partial charge in [0.2, 0.25) is 5.91 Å². The van der Waals surface area contributed by atoms with Gasteiger partial charge in [0.15, 0.2) is 5.82 Å². The molecule has 1 amide bonds. The molecule has 0 spiro atoms. The second-order valence-corrected chi connectivity index (χ2v) is 4.15. The number of primary amides is 1. The van der Waals surface area contributed by atoms with Crippen LogP contribution in [0.1, 0.15) is 11.3 Å². The molecule has 0 unspecified atom stereocenters. The minimum Gasteiger partial charge on any atom is -0.368 e. The lowest BCUT2D eigenvalue weighted by atomic mass is 10.2. The van der Waals surface area contributed by atoms with E-state index in [9.17, 15) is 4.79 Å². The normalized spacial score (nSPS) is 9.80. The van der Waals surface area contributed by atoms with E-state index >= 15 is 0 Å². The van der Waals surface area contributed by atoms with Gasteiger partial charge in [0, 0.05) is 5.56 Å². The van der Waals surface area contributed by atoms with Gasteiger partial charge < -0.3 is 11.1 Å². The summed E-state index contributed by atoms with van der Waals surface area (Å²) in [6.45, 7) is 1.64. The van der Waals surface area contributed by atoms with Crippen molar-refractivity contribution in [2.75, 3.05) is 11.9 Å². The average Bonchev–Trinajstić information content (AvgIpc) is 2.45. The summed E-state index contributed by atoms with van der Waals surface area (Å²) in [5.74, 6) is 0.290. The molecule has 6 nitrogen and oxygen atoms in total. The van der Waals surface area contributed by atoms with Gasteiger partial charge in [0.05, 0.1) is 12.2 Å². The highest BCUT2D eigenvalue weighted by Gasteiger charge is 2.12. The molecule has 20 heavy (non-hydrogen) atoms. The van der Waals surface area contributed by atoms with Crippen molar-refractivity contribution in [3.63, 3.8) is 0 Å². The molecule has 0 atom stereocenters. The number of rotatable bonds is 4. The molecule has 0 saturated heterocycles. The molecule has 6 heteroatoms. The van der Waals surface area contributed by atoms with E-state index in [4.69, 9.17) is 11.0 Å². The van der Waals surface area contributed by atoms with Gasteiger partial charge in [-0.05, 0) is 6.92 Å². The van der Waals surface area contributed by atoms with Crippen molar-refractivity contribution in [3.8, 4) is 17.5 Å². The molecule has 0 saturated carbocycles. The molecule has 1 aromatic carbocycles. The predicted octanol–water partition coefficient (Wildman–Crippen LogP) is 1.22. The molecule has 2 rings (SSSR count). The van der Waals surface area contributed by atoms with Crippen LogP contribution in [0.4, 0.5) is 5.82 Å². The number of benzene rings is 1. The van der Waals surface area contributed by atoms with Gasteiger partial charge in [0.25, 0.3) is 0 Å². The minimum atomic E-state index is -0.522. The van der Waals surface area contributed by atoms with Crippen LogP contribution in [0.25, 0.3) is 11.4 Å². The number of hydrogen-bond donors (Lipinski definition) is 2. The van der Waals surface area contributed by atoms with E-state index < -0.39 is 5.91 Å².